The molecular formula is C22H24N6O. The highest BCUT2D eigenvalue weighted by Crippen LogP contribution is 2.18. The van der Waals surface area contributed by atoms with Crippen LogP contribution in [0.4, 0.5) is 17.5 Å². The SMILES string of the molecule is Cc1ccc(NC(=O)c2ccc(N3CCN(c4ncccn4)CC3)nc2)cc1C. The topological polar surface area (TPSA) is 74.2 Å². The van der Waals surface area contributed by atoms with Crippen LogP contribution in [0.2, 0.25) is 0 Å². The minimum atomic E-state index is -0.154. The van der Waals surface area contributed by atoms with E-state index in [0.717, 1.165) is 49.2 Å². The van der Waals surface area contributed by atoms with E-state index in [2.05, 4.69) is 37.0 Å². The highest BCUT2D eigenvalue weighted by molar-refractivity contribution is 6.04. The first-order valence-electron chi connectivity index (χ1n) is 9.72. The monoisotopic (exact) mass is 388 g/mol. The van der Waals surface area contributed by atoms with E-state index < -0.39 is 0 Å². The maximum absolute atomic E-state index is 12.5. The van der Waals surface area contributed by atoms with Crippen LogP contribution in [0.3, 0.4) is 0 Å². The zero-order chi connectivity index (χ0) is 20.2. The predicted octanol–water partition coefficient (Wildman–Crippen LogP) is 3.07. The Bertz CT molecular complexity index is 982. The third-order valence-electron chi connectivity index (χ3n) is 5.21. The van der Waals surface area contributed by atoms with Crippen molar-refractivity contribution in [2.24, 2.45) is 0 Å². The zero-order valence-electron chi connectivity index (χ0n) is 16.7. The highest BCUT2D eigenvalue weighted by atomic mass is 16.1. The van der Waals surface area contributed by atoms with Crippen molar-refractivity contribution in [3.63, 3.8) is 0 Å². The number of carbonyl (C=O) groups excluding carboxylic acids is 1. The number of hydrogen-bond donors (Lipinski definition) is 1. The molecule has 3 aromatic rings. The molecule has 3 heterocycles. The summed E-state index contributed by atoms with van der Waals surface area (Å²) < 4.78 is 0. The van der Waals surface area contributed by atoms with Gasteiger partial charge < -0.3 is 15.1 Å². The van der Waals surface area contributed by atoms with E-state index >= 15 is 0 Å². The molecule has 148 valence electrons. The van der Waals surface area contributed by atoms with Crippen molar-refractivity contribution in [1.82, 2.24) is 15.0 Å². The van der Waals surface area contributed by atoms with Crippen molar-refractivity contribution in [2.75, 3.05) is 41.3 Å². The Labute approximate surface area is 170 Å². The molecule has 1 aromatic carbocycles. The number of carbonyl (C=O) groups is 1. The number of nitrogens with zero attached hydrogens (tertiary/aromatic N) is 5. The van der Waals surface area contributed by atoms with E-state index in [0.29, 0.717) is 5.56 Å². The number of pyridine rings is 1. The molecule has 0 radical (unpaired) electrons. The van der Waals surface area contributed by atoms with Gasteiger partial charge in [0.2, 0.25) is 5.95 Å². The molecule has 0 aliphatic carbocycles. The van der Waals surface area contributed by atoms with Gasteiger partial charge in [0.05, 0.1) is 5.56 Å². The summed E-state index contributed by atoms with van der Waals surface area (Å²) >= 11 is 0. The summed E-state index contributed by atoms with van der Waals surface area (Å²) in [7, 11) is 0. The second-order valence-electron chi connectivity index (χ2n) is 7.18. The molecule has 0 spiro atoms. The lowest BCUT2D eigenvalue weighted by Crippen LogP contribution is -2.47. The fourth-order valence-corrected chi connectivity index (χ4v) is 3.32. The van der Waals surface area contributed by atoms with Crippen LogP contribution < -0.4 is 15.1 Å². The normalized spacial score (nSPS) is 14.0. The molecule has 1 amide bonds. The van der Waals surface area contributed by atoms with Gasteiger partial charge in [-0.3, -0.25) is 4.79 Å². The van der Waals surface area contributed by atoms with Crippen LogP contribution in [-0.2, 0) is 0 Å². The van der Waals surface area contributed by atoms with Crippen LogP contribution >= 0.6 is 0 Å². The van der Waals surface area contributed by atoms with Crippen LogP contribution in [-0.4, -0.2) is 47.0 Å². The van der Waals surface area contributed by atoms with Crippen molar-refractivity contribution in [2.45, 2.75) is 13.8 Å². The molecule has 1 aliphatic heterocycles. The summed E-state index contributed by atoms with van der Waals surface area (Å²) in [5.74, 6) is 1.48. The highest BCUT2D eigenvalue weighted by Gasteiger charge is 2.20. The first kappa shape index (κ1) is 18.9. The van der Waals surface area contributed by atoms with Crippen molar-refractivity contribution in [1.29, 1.82) is 0 Å². The summed E-state index contributed by atoms with van der Waals surface area (Å²) in [5.41, 5.74) is 3.69. The molecule has 4 rings (SSSR count). The number of rotatable bonds is 4. The fraction of sp³-hybridized carbons (Fsp3) is 0.273. The van der Waals surface area contributed by atoms with Crippen LogP contribution in [0.15, 0.2) is 55.0 Å². The summed E-state index contributed by atoms with van der Waals surface area (Å²) in [6.07, 6.45) is 5.16. The molecule has 0 saturated carbocycles. The number of hydrogen-bond acceptors (Lipinski definition) is 6. The largest absolute Gasteiger partial charge is 0.353 e. The standard InChI is InChI=1S/C22H24N6O/c1-16-4-6-19(14-17(16)2)26-21(29)18-5-7-20(25-15-18)27-10-12-28(13-11-27)22-23-8-3-9-24-22/h3-9,14-15H,10-13H2,1-2H3,(H,26,29). The van der Waals surface area contributed by atoms with Crippen molar-refractivity contribution in [3.8, 4) is 0 Å². The van der Waals surface area contributed by atoms with Gasteiger partial charge in [-0.05, 0) is 55.3 Å². The number of amides is 1. The minimum Gasteiger partial charge on any atom is -0.353 e. The van der Waals surface area contributed by atoms with E-state index in [9.17, 15) is 4.79 Å². The number of aromatic nitrogens is 3. The Balaban J connectivity index is 1.36. The van der Waals surface area contributed by atoms with E-state index in [4.69, 9.17) is 0 Å². The quantitative estimate of drug-likeness (QED) is 0.740. The molecule has 1 fully saturated rings. The van der Waals surface area contributed by atoms with Gasteiger partial charge >= 0.3 is 0 Å². The van der Waals surface area contributed by atoms with Crippen LogP contribution in [0.1, 0.15) is 21.5 Å². The van der Waals surface area contributed by atoms with Gasteiger partial charge in [-0.15, -0.1) is 0 Å². The third kappa shape index (κ3) is 4.34. The molecule has 1 saturated heterocycles. The fourth-order valence-electron chi connectivity index (χ4n) is 3.32. The Hall–Kier alpha value is -3.48. The van der Waals surface area contributed by atoms with Gasteiger partial charge in [-0.1, -0.05) is 6.07 Å². The Morgan fingerprint density at radius 1 is 0.897 bits per heavy atom. The van der Waals surface area contributed by atoms with Gasteiger partial charge in [0.25, 0.3) is 5.91 Å². The summed E-state index contributed by atoms with van der Waals surface area (Å²) in [6.45, 7) is 7.42. The Morgan fingerprint density at radius 3 is 2.28 bits per heavy atom. The first-order valence-corrected chi connectivity index (χ1v) is 9.72. The average molecular weight is 388 g/mol. The Morgan fingerprint density at radius 2 is 1.62 bits per heavy atom. The average Bonchev–Trinajstić information content (AvgIpc) is 2.77. The van der Waals surface area contributed by atoms with Crippen molar-refractivity contribution < 1.29 is 4.79 Å². The lowest BCUT2D eigenvalue weighted by atomic mass is 10.1. The minimum absolute atomic E-state index is 0.154. The van der Waals surface area contributed by atoms with Crippen LogP contribution in [0.25, 0.3) is 0 Å². The summed E-state index contributed by atoms with van der Waals surface area (Å²) in [4.78, 5) is 30.0. The molecule has 0 atom stereocenters. The molecule has 2 aromatic heterocycles. The molecule has 29 heavy (non-hydrogen) atoms. The Kier molecular flexibility index (Phi) is 5.37. The van der Waals surface area contributed by atoms with E-state index in [1.165, 1.54) is 5.56 Å². The van der Waals surface area contributed by atoms with Gasteiger partial charge in [-0.2, -0.15) is 0 Å². The molecule has 0 bridgehead atoms. The second-order valence-corrected chi connectivity index (χ2v) is 7.18. The third-order valence-corrected chi connectivity index (χ3v) is 5.21. The molecular weight excluding hydrogens is 364 g/mol. The number of benzene rings is 1. The molecule has 1 N–H and O–H groups in total. The number of anilines is 3. The number of aryl methyl sites for hydroxylation is 2. The maximum Gasteiger partial charge on any atom is 0.257 e. The van der Waals surface area contributed by atoms with E-state index in [1.807, 2.05) is 43.3 Å². The van der Waals surface area contributed by atoms with Crippen LogP contribution in [0.5, 0.6) is 0 Å². The molecule has 0 unspecified atom stereocenters. The maximum atomic E-state index is 12.5. The smallest absolute Gasteiger partial charge is 0.257 e. The lowest BCUT2D eigenvalue weighted by molar-refractivity contribution is 0.102. The van der Waals surface area contributed by atoms with Gasteiger partial charge in [0.1, 0.15) is 5.82 Å². The summed E-state index contributed by atoms with van der Waals surface area (Å²) in [5, 5.41) is 2.94. The zero-order valence-corrected chi connectivity index (χ0v) is 16.7. The van der Waals surface area contributed by atoms with Gasteiger partial charge in [0.15, 0.2) is 0 Å². The van der Waals surface area contributed by atoms with Crippen molar-refractivity contribution >= 4 is 23.4 Å². The number of piperazine rings is 1. The number of nitrogens with one attached hydrogen (secondary N) is 1. The molecule has 1 aliphatic rings. The van der Waals surface area contributed by atoms with Gasteiger partial charge in [0, 0.05) is 50.5 Å². The predicted molar refractivity (Wildman–Crippen MR) is 115 cm³/mol. The van der Waals surface area contributed by atoms with Gasteiger partial charge in [-0.25, -0.2) is 15.0 Å². The summed E-state index contributed by atoms with van der Waals surface area (Å²) in [6, 6.07) is 11.5. The second kappa shape index (κ2) is 8.26. The molecule has 7 heteroatoms. The lowest BCUT2D eigenvalue weighted by Gasteiger charge is -2.35. The molecule has 7 nitrogen and oxygen atoms in total. The van der Waals surface area contributed by atoms with Crippen molar-refractivity contribution in [3.05, 3.63) is 71.7 Å². The first-order chi connectivity index (χ1) is 14.1. The van der Waals surface area contributed by atoms with E-state index in [-0.39, 0.29) is 5.91 Å². The van der Waals surface area contributed by atoms with Crippen LogP contribution in [0, 0.1) is 13.8 Å². The van der Waals surface area contributed by atoms with E-state index in [1.54, 1.807) is 18.6 Å².